The molecule has 1 saturated heterocycles. The van der Waals surface area contributed by atoms with Crippen molar-refractivity contribution < 1.29 is 4.39 Å². The maximum absolute atomic E-state index is 13.9. The van der Waals surface area contributed by atoms with Crippen LogP contribution in [0, 0.1) is 5.82 Å². The fourth-order valence-corrected chi connectivity index (χ4v) is 2.53. The quantitative estimate of drug-likeness (QED) is 0.890. The molecule has 0 amide bonds. The smallest absolute Gasteiger partial charge is 0.245 e. The van der Waals surface area contributed by atoms with Gasteiger partial charge in [-0.25, -0.2) is 4.39 Å². The summed E-state index contributed by atoms with van der Waals surface area (Å²) in [6.07, 6.45) is 1.03. The highest BCUT2D eigenvalue weighted by molar-refractivity contribution is 6.33. The molecular weight excluding hydrogens is 281 g/mol. The molecule has 20 heavy (non-hydrogen) atoms. The molecule has 0 unspecified atom stereocenters. The summed E-state index contributed by atoms with van der Waals surface area (Å²) in [5, 5.41) is 10.6. The van der Waals surface area contributed by atoms with Crippen LogP contribution in [0.3, 0.4) is 0 Å². The first kappa shape index (κ1) is 13.3. The van der Waals surface area contributed by atoms with Crippen LogP contribution in [0.2, 0.25) is 5.02 Å². The standard InChI is InChI=1S/C13H15ClFN5/c14-9-3-1-4-10(15)11(9)12-17-13(19-18-12)20-7-2-5-16-6-8-20/h1,3-4,16H,2,5-8H2,(H,17,18,19). The first-order chi connectivity index (χ1) is 9.75. The summed E-state index contributed by atoms with van der Waals surface area (Å²) in [4.78, 5) is 6.45. The molecule has 2 N–H and O–H groups in total. The Morgan fingerprint density at radius 3 is 3.00 bits per heavy atom. The maximum Gasteiger partial charge on any atom is 0.245 e. The number of aromatic nitrogens is 3. The molecule has 0 atom stereocenters. The van der Waals surface area contributed by atoms with Gasteiger partial charge in [0, 0.05) is 19.6 Å². The van der Waals surface area contributed by atoms with E-state index in [0.29, 0.717) is 16.8 Å². The molecule has 2 heterocycles. The molecular formula is C13H15ClFN5. The minimum Gasteiger partial charge on any atom is -0.338 e. The zero-order valence-electron chi connectivity index (χ0n) is 10.9. The van der Waals surface area contributed by atoms with Crippen LogP contribution in [-0.4, -0.2) is 41.4 Å². The van der Waals surface area contributed by atoms with Crippen molar-refractivity contribution in [2.24, 2.45) is 0 Å². The lowest BCUT2D eigenvalue weighted by atomic mass is 10.2. The Labute approximate surface area is 121 Å². The fraction of sp³-hybridized carbons (Fsp3) is 0.385. The average Bonchev–Trinajstić information content (AvgIpc) is 2.74. The third-order valence-corrected chi connectivity index (χ3v) is 3.61. The Morgan fingerprint density at radius 1 is 1.25 bits per heavy atom. The van der Waals surface area contributed by atoms with Crippen molar-refractivity contribution in [2.75, 3.05) is 31.1 Å². The van der Waals surface area contributed by atoms with Crippen LogP contribution >= 0.6 is 11.6 Å². The number of aromatic amines is 1. The topological polar surface area (TPSA) is 56.8 Å². The Bertz CT molecular complexity index is 572. The van der Waals surface area contributed by atoms with Gasteiger partial charge in [0.15, 0.2) is 5.82 Å². The van der Waals surface area contributed by atoms with Crippen molar-refractivity contribution in [1.82, 2.24) is 20.5 Å². The van der Waals surface area contributed by atoms with Gasteiger partial charge in [0.05, 0.1) is 10.6 Å². The molecule has 0 saturated carbocycles. The maximum atomic E-state index is 13.9. The first-order valence-corrected chi connectivity index (χ1v) is 6.96. The molecule has 2 aromatic rings. The third-order valence-electron chi connectivity index (χ3n) is 3.30. The second-order valence-corrected chi connectivity index (χ2v) is 5.08. The van der Waals surface area contributed by atoms with Crippen LogP contribution in [-0.2, 0) is 0 Å². The second-order valence-electron chi connectivity index (χ2n) is 4.67. The molecule has 106 valence electrons. The van der Waals surface area contributed by atoms with Crippen LogP contribution in [0.4, 0.5) is 10.3 Å². The number of hydrogen-bond donors (Lipinski definition) is 2. The third kappa shape index (κ3) is 2.62. The molecule has 0 bridgehead atoms. The lowest BCUT2D eigenvalue weighted by Gasteiger charge is -2.16. The van der Waals surface area contributed by atoms with E-state index >= 15 is 0 Å². The zero-order chi connectivity index (χ0) is 13.9. The average molecular weight is 296 g/mol. The lowest BCUT2D eigenvalue weighted by Crippen LogP contribution is -2.28. The van der Waals surface area contributed by atoms with Crippen LogP contribution in [0.1, 0.15) is 6.42 Å². The Hall–Kier alpha value is -1.66. The number of nitrogens with zero attached hydrogens (tertiary/aromatic N) is 3. The summed E-state index contributed by atoms with van der Waals surface area (Å²) in [7, 11) is 0. The number of anilines is 1. The Balaban J connectivity index is 1.90. The van der Waals surface area contributed by atoms with Crippen LogP contribution in [0.25, 0.3) is 11.4 Å². The summed E-state index contributed by atoms with van der Waals surface area (Å²) in [6.45, 7) is 3.61. The van der Waals surface area contributed by atoms with E-state index in [-0.39, 0.29) is 5.56 Å². The van der Waals surface area contributed by atoms with Gasteiger partial charge in [-0.15, -0.1) is 5.10 Å². The van der Waals surface area contributed by atoms with E-state index in [1.807, 2.05) is 0 Å². The van der Waals surface area contributed by atoms with Crippen molar-refractivity contribution in [1.29, 1.82) is 0 Å². The Morgan fingerprint density at radius 2 is 2.15 bits per heavy atom. The number of benzene rings is 1. The summed E-state index contributed by atoms with van der Waals surface area (Å²) in [6, 6.07) is 4.57. The van der Waals surface area contributed by atoms with E-state index in [9.17, 15) is 4.39 Å². The molecule has 1 aliphatic heterocycles. The minimum atomic E-state index is -0.405. The molecule has 3 rings (SSSR count). The van der Waals surface area contributed by atoms with E-state index in [1.165, 1.54) is 6.07 Å². The van der Waals surface area contributed by atoms with Gasteiger partial charge in [0.1, 0.15) is 5.82 Å². The number of nitrogens with one attached hydrogen (secondary N) is 2. The van der Waals surface area contributed by atoms with Gasteiger partial charge in [0.25, 0.3) is 0 Å². The minimum absolute atomic E-state index is 0.265. The monoisotopic (exact) mass is 295 g/mol. The van der Waals surface area contributed by atoms with E-state index < -0.39 is 5.82 Å². The van der Waals surface area contributed by atoms with Crippen LogP contribution in [0.15, 0.2) is 18.2 Å². The first-order valence-electron chi connectivity index (χ1n) is 6.58. The van der Waals surface area contributed by atoms with E-state index in [2.05, 4.69) is 25.4 Å². The highest BCUT2D eigenvalue weighted by Crippen LogP contribution is 2.28. The summed E-state index contributed by atoms with van der Waals surface area (Å²) >= 11 is 6.03. The van der Waals surface area contributed by atoms with Gasteiger partial charge in [-0.05, 0) is 25.1 Å². The number of H-pyrrole nitrogens is 1. The van der Waals surface area contributed by atoms with Gasteiger partial charge >= 0.3 is 0 Å². The van der Waals surface area contributed by atoms with E-state index in [1.54, 1.807) is 12.1 Å². The molecule has 5 nitrogen and oxygen atoms in total. The Kier molecular flexibility index (Phi) is 3.84. The highest BCUT2D eigenvalue weighted by atomic mass is 35.5. The molecule has 1 aliphatic rings. The van der Waals surface area contributed by atoms with Crippen molar-refractivity contribution >= 4 is 17.5 Å². The predicted octanol–water partition coefficient (Wildman–Crippen LogP) is 2.06. The summed E-state index contributed by atoms with van der Waals surface area (Å²) in [5.41, 5.74) is 0.265. The van der Waals surface area contributed by atoms with Crippen molar-refractivity contribution in [3.05, 3.63) is 29.0 Å². The summed E-state index contributed by atoms with van der Waals surface area (Å²) in [5.74, 6) is 0.543. The molecule has 0 aliphatic carbocycles. The number of hydrogen-bond acceptors (Lipinski definition) is 4. The SMILES string of the molecule is Fc1cccc(Cl)c1-c1nc(N2CCCNCC2)n[nH]1. The number of rotatable bonds is 2. The highest BCUT2D eigenvalue weighted by Gasteiger charge is 2.18. The molecule has 0 radical (unpaired) electrons. The number of halogens is 2. The predicted molar refractivity (Wildman–Crippen MR) is 76.5 cm³/mol. The van der Waals surface area contributed by atoms with E-state index in [4.69, 9.17) is 11.6 Å². The molecule has 1 fully saturated rings. The summed E-state index contributed by atoms with van der Waals surface area (Å²) < 4.78 is 13.9. The van der Waals surface area contributed by atoms with Crippen molar-refractivity contribution in [3.63, 3.8) is 0 Å². The largest absolute Gasteiger partial charge is 0.338 e. The second kappa shape index (κ2) is 5.76. The van der Waals surface area contributed by atoms with Crippen molar-refractivity contribution in [3.8, 4) is 11.4 Å². The van der Waals surface area contributed by atoms with Gasteiger partial charge in [-0.2, -0.15) is 4.98 Å². The van der Waals surface area contributed by atoms with Gasteiger partial charge in [-0.3, -0.25) is 5.10 Å². The molecule has 1 aromatic carbocycles. The lowest BCUT2D eigenvalue weighted by molar-refractivity contribution is 0.630. The van der Waals surface area contributed by atoms with Crippen LogP contribution < -0.4 is 10.2 Å². The normalized spacial score (nSPS) is 16.2. The van der Waals surface area contributed by atoms with Crippen LogP contribution in [0.5, 0.6) is 0 Å². The zero-order valence-corrected chi connectivity index (χ0v) is 11.6. The van der Waals surface area contributed by atoms with Gasteiger partial charge in [-0.1, -0.05) is 17.7 Å². The van der Waals surface area contributed by atoms with Gasteiger partial charge in [0.2, 0.25) is 5.95 Å². The fourth-order valence-electron chi connectivity index (χ4n) is 2.28. The molecule has 1 aromatic heterocycles. The van der Waals surface area contributed by atoms with Crippen molar-refractivity contribution in [2.45, 2.75) is 6.42 Å². The molecule has 7 heteroatoms. The van der Waals surface area contributed by atoms with E-state index in [0.717, 1.165) is 32.6 Å². The van der Waals surface area contributed by atoms with Gasteiger partial charge < -0.3 is 10.2 Å². The molecule has 0 spiro atoms.